The number of benzene rings is 2. The third kappa shape index (κ3) is 5.69. The number of nitrogens with one attached hydrogen (secondary N) is 1. The molecule has 2 rings (SSSR count). The van der Waals surface area contributed by atoms with Gasteiger partial charge in [0, 0.05) is 23.1 Å². The minimum absolute atomic E-state index is 0.221. The highest BCUT2D eigenvalue weighted by Crippen LogP contribution is 2.15. The zero-order valence-electron chi connectivity index (χ0n) is 15.7. The van der Waals surface area contributed by atoms with Crippen molar-refractivity contribution in [2.75, 3.05) is 20.2 Å². The normalized spacial score (nSPS) is 11.0. The van der Waals surface area contributed by atoms with E-state index in [0.717, 1.165) is 15.8 Å². The molecule has 0 spiro atoms. The van der Waals surface area contributed by atoms with Gasteiger partial charge in [-0.1, -0.05) is 28.1 Å². The van der Waals surface area contributed by atoms with Crippen molar-refractivity contribution in [3.63, 3.8) is 0 Å². The van der Waals surface area contributed by atoms with Crippen molar-refractivity contribution in [2.45, 2.75) is 13.8 Å². The zero-order chi connectivity index (χ0) is 19.8. The summed E-state index contributed by atoms with van der Waals surface area (Å²) in [4.78, 5) is 27.1. The molecular formula is C21H23BrN2O3. The predicted molar refractivity (Wildman–Crippen MR) is 111 cm³/mol. The van der Waals surface area contributed by atoms with Gasteiger partial charge in [0.15, 0.2) is 0 Å². The molecule has 0 saturated carbocycles. The number of methoxy groups -OCH3 is 1. The van der Waals surface area contributed by atoms with E-state index in [-0.39, 0.29) is 17.5 Å². The van der Waals surface area contributed by atoms with E-state index in [4.69, 9.17) is 4.74 Å². The largest absolute Gasteiger partial charge is 0.497 e. The van der Waals surface area contributed by atoms with Crippen LogP contribution in [0.1, 0.15) is 29.8 Å². The van der Waals surface area contributed by atoms with Gasteiger partial charge in [0.1, 0.15) is 11.4 Å². The molecule has 2 amide bonds. The van der Waals surface area contributed by atoms with Gasteiger partial charge in [-0.25, -0.2) is 0 Å². The number of ether oxygens (including phenoxy) is 1. The Hall–Kier alpha value is -2.60. The maximum Gasteiger partial charge on any atom is 0.270 e. The summed E-state index contributed by atoms with van der Waals surface area (Å²) in [5, 5.41) is 2.76. The van der Waals surface area contributed by atoms with Gasteiger partial charge < -0.3 is 15.0 Å². The van der Waals surface area contributed by atoms with E-state index in [1.165, 1.54) is 0 Å². The van der Waals surface area contributed by atoms with Crippen LogP contribution in [0.5, 0.6) is 5.75 Å². The Morgan fingerprint density at radius 1 is 1.04 bits per heavy atom. The SMILES string of the molecule is CCN(CC)C(=O)/C(=C\c1ccc(OC)cc1)NC(=O)c1ccc(Br)cc1. The van der Waals surface area contributed by atoms with E-state index in [2.05, 4.69) is 21.2 Å². The monoisotopic (exact) mass is 430 g/mol. The average Bonchev–Trinajstić information content (AvgIpc) is 2.69. The van der Waals surface area contributed by atoms with Gasteiger partial charge in [-0.15, -0.1) is 0 Å². The standard InChI is InChI=1S/C21H23BrN2O3/c1-4-24(5-2)21(26)19(14-15-6-12-18(27-3)13-7-15)23-20(25)16-8-10-17(22)11-9-16/h6-14H,4-5H2,1-3H3,(H,23,25)/b19-14+. The summed E-state index contributed by atoms with van der Waals surface area (Å²) < 4.78 is 6.04. The number of rotatable bonds is 7. The fraction of sp³-hybridized carbons (Fsp3) is 0.238. The van der Waals surface area contributed by atoms with Crippen molar-refractivity contribution in [1.29, 1.82) is 0 Å². The first kappa shape index (κ1) is 20.7. The summed E-state index contributed by atoms with van der Waals surface area (Å²) >= 11 is 3.35. The number of halogens is 1. The lowest BCUT2D eigenvalue weighted by atomic mass is 10.1. The molecule has 0 atom stereocenters. The molecule has 0 aliphatic carbocycles. The first-order valence-corrected chi connectivity index (χ1v) is 9.49. The summed E-state index contributed by atoms with van der Waals surface area (Å²) in [7, 11) is 1.60. The molecule has 2 aromatic carbocycles. The first-order chi connectivity index (χ1) is 13.0. The van der Waals surface area contributed by atoms with Crippen LogP contribution in [-0.2, 0) is 4.79 Å². The molecular weight excluding hydrogens is 408 g/mol. The molecule has 1 N–H and O–H groups in total. The molecule has 142 valence electrons. The molecule has 0 aliphatic heterocycles. The van der Waals surface area contributed by atoms with Crippen molar-refractivity contribution in [3.05, 3.63) is 69.8 Å². The molecule has 6 heteroatoms. The van der Waals surface area contributed by atoms with Crippen LogP contribution in [0.15, 0.2) is 58.7 Å². The van der Waals surface area contributed by atoms with Crippen molar-refractivity contribution < 1.29 is 14.3 Å². The Kier molecular flexibility index (Phi) is 7.61. The molecule has 0 heterocycles. The molecule has 0 aliphatic rings. The van der Waals surface area contributed by atoms with Gasteiger partial charge in [-0.3, -0.25) is 9.59 Å². The predicted octanol–water partition coefficient (Wildman–Crippen LogP) is 4.10. The van der Waals surface area contributed by atoms with Crippen LogP contribution in [0.3, 0.4) is 0 Å². The second kappa shape index (κ2) is 9.92. The summed E-state index contributed by atoms with van der Waals surface area (Å²) in [6, 6.07) is 14.3. The summed E-state index contributed by atoms with van der Waals surface area (Å²) in [5.74, 6) is 0.173. The third-order valence-electron chi connectivity index (χ3n) is 4.06. The molecule has 5 nitrogen and oxygen atoms in total. The highest BCUT2D eigenvalue weighted by molar-refractivity contribution is 9.10. The van der Waals surface area contributed by atoms with E-state index >= 15 is 0 Å². The van der Waals surface area contributed by atoms with Crippen LogP contribution < -0.4 is 10.1 Å². The number of hydrogen-bond acceptors (Lipinski definition) is 3. The highest BCUT2D eigenvalue weighted by atomic mass is 79.9. The number of hydrogen-bond donors (Lipinski definition) is 1. The number of likely N-dealkylation sites (N-methyl/N-ethyl adjacent to an activating group) is 1. The van der Waals surface area contributed by atoms with Gasteiger partial charge in [-0.2, -0.15) is 0 Å². The Labute approximate surface area is 168 Å². The lowest BCUT2D eigenvalue weighted by molar-refractivity contribution is -0.127. The van der Waals surface area contributed by atoms with E-state index in [0.29, 0.717) is 18.7 Å². The van der Waals surface area contributed by atoms with Crippen LogP contribution in [0, 0.1) is 0 Å². The first-order valence-electron chi connectivity index (χ1n) is 8.70. The number of amides is 2. The molecule has 0 radical (unpaired) electrons. The lowest BCUT2D eigenvalue weighted by Crippen LogP contribution is -2.38. The lowest BCUT2D eigenvalue weighted by Gasteiger charge is -2.21. The molecule has 0 bridgehead atoms. The molecule has 0 fully saturated rings. The molecule has 0 aromatic heterocycles. The van der Waals surface area contributed by atoms with E-state index in [1.807, 2.05) is 38.1 Å². The Morgan fingerprint density at radius 3 is 2.15 bits per heavy atom. The van der Waals surface area contributed by atoms with Crippen LogP contribution in [0.2, 0.25) is 0 Å². The minimum atomic E-state index is -0.331. The van der Waals surface area contributed by atoms with Gasteiger partial charge in [0.25, 0.3) is 11.8 Å². The van der Waals surface area contributed by atoms with Crippen LogP contribution >= 0.6 is 15.9 Å². The molecule has 27 heavy (non-hydrogen) atoms. The number of carbonyl (C=O) groups excluding carboxylic acids is 2. The Bertz CT molecular complexity index is 810. The smallest absolute Gasteiger partial charge is 0.270 e. The fourth-order valence-corrected chi connectivity index (χ4v) is 2.76. The topological polar surface area (TPSA) is 58.6 Å². The Morgan fingerprint density at radius 2 is 1.63 bits per heavy atom. The van der Waals surface area contributed by atoms with E-state index in [1.54, 1.807) is 42.4 Å². The zero-order valence-corrected chi connectivity index (χ0v) is 17.2. The van der Waals surface area contributed by atoms with Crippen LogP contribution in [-0.4, -0.2) is 36.9 Å². The van der Waals surface area contributed by atoms with Gasteiger partial charge in [-0.05, 0) is 61.9 Å². The fourth-order valence-electron chi connectivity index (χ4n) is 2.49. The van der Waals surface area contributed by atoms with Crippen LogP contribution in [0.4, 0.5) is 0 Å². The van der Waals surface area contributed by atoms with Crippen molar-refractivity contribution in [2.24, 2.45) is 0 Å². The quantitative estimate of drug-likeness (QED) is 0.672. The van der Waals surface area contributed by atoms with Crippen molar-refractivity contribution >= 4 is 33.8 Å². The van der Waals surface area contributed by atoms with E-state index < -0.39 is 0 Å². The maximum absolute atomic E-state index is 12.9. The number of nitrogens with zero attached hydrogens (tertiary/aromatic N) is 1. The minimum Gasteiger partial charge on any atom is -0.497 e. The van der Waals surface area contributed by atoms with Gasteiger partial charge >= 0.3 is 0 Å². The van der Waals surface area contributed by atoms with Crippen molar-refractivity contribution in [1.82, 2.24) is 10.2 Å². The molecule has 0 saturated heterocycles. The van der Waals surface area contributed by atoms with Crippen molar-refractivity contribution in [3.8, 4) is 5.75 Å². The second-order valence-corrected chi connectivity index (χ2v) is 6.69. The molecule has 0 unspecified atom stereocenters. The molecule has 2 aromatic rings. The Balaban J connectivity index is 2.33. The summed E-state index contributed by atoms with van der Waals surface area (Å²) in [6.45, 7) is 4.93. The third-order valence-corrected chi connectivity index (χ3v) is 4.59. The summed E-state index contributed by atoms with van der Waals surface area (Å²) in [5.41, 5.74) is 1.50. The highest BCUT2D eigenvalue weighted by Gasteiger charge is 2.19. The second-order valence-electron chi connectivity index (χ2n) is 5.77. The maximum atomic E-state index is 12.9. The van der Waals surface area contributed by atoms with Gasteiger partial charge in [0.2, 0.25) is 0 Å². The summed E-state index contributed by atoms with van der Waals surface area (Å²) in [6.07, 6.45) is 1.68. The average molecular weight is 431 g/mol. The van der Waals surface area contributed by atoms with Crippen LogP contribution in [0.25, 0.3) is 6.08 Å². The number of carbonyl (C=O) groups is 2. The van der Waals surface area contributed by atoms with E-state index in [9.17, 15) is 9.59 Å². The van der Waals surface area contributed by atoms with Gasteiger partial charge in [0.05, 0.1) is 7.11 Å².